The lowest BCUT2D eigenvalue weighted by atomic mass is 10.0. The summed E-state index contributed by atoms with van der Waals surface area (Å²) in [5.74, 6) is 1.64. The van der Waals surface area contributed by atoms with Gasteiger partial charge in [0.05, 0.1) is 21.7 Å². The van der Waals surface area contributed by atoms with Crippen LogP contribution < -0.4 is 10.1 Å². The number of carbonyl (C=O) groups is 1. The molecule has 1 amide bonds. The van der Waals surface area contributed by atoms with E-state index in [4.69, 9.17) is 19.4 Å². The van der Waals surface area contributed by atoms with E-state index in [9.17, 15) is 4.79 Å². The molecule has 168 valence electrons. The summed E-state index contributed by atoms with van der Waals surface area (Å²) in [6, 6.07) is 4.82. The summed E-state index contributed by atoms with van der Waals surface area (Å²) in [4.78, 5) is 22.3. The van der Waals surface area contributed by atoms with E-state index in [-0.39, 0.29) is 17.9 Å². The van der Waals surface area contributed by atoms with Gasteiger partial charge in [-0.3, -0.25) is 4.79 Å². The molecule has 3 aromatic rings. The first-order valence-electron chi connectivity index (χ1n) is 11.6. The number of nitrogens with zero attached hydrogens (tertiary/aromatic N) is 3. The number of rotatable bonds is 6. The van der Waals surface area contributed by atoms with E-state index in [1.54, 1.807) is 11.3 Å². The summed E-state index contributed by atoms with van der Waals surface area (Å²) in [7, 11) is 0. The Bertz CT molecular complexity index is 1150. The number of nitrogens with one attached hydrogen (secondary N) is 1. The molecule has 0 radical (unpaired) electrons. The first kappa shape index (κ1) is 20.2. The highest BCUT2D eigenvalue weighted by Gasteiger charge is 2.31. The van der Waals surface area contributed by atoms with Crippen molar-refractivity contribution < 1.29 is 14.3 Å². The predicted octanol–water partition coefficient (Wildman–Crippen LogP) is 4.29. The van der Waals surface area contributed by atoms with E-state index in [0.717, 1.165) is 53.3 Å². The lowest BCUT2D eigenvalue weighted by molar-refractivity contribution is -0.119. The highest BCUT2D eigenvalue weighted by atomic mass is 32.1. The number of amides is 1. The van der Waals surface area contributed by atoms with Crippen LogP contribution in [0.2, 0.25) is 0 Å². The van der Waals surface area contributed by atoms with E-state index in [1.807, 2.05) is 12.5 Å². The number of benzene rings is 1. The molecule has 2 aromatic heterocycles. The molecule has 0 bridgehead atoms. The SMILES string of the molecule is CC(Oc1cc(-c2cnc(C3CCOCC3)s2)cc2ncn(C3CC3)c12)C1CNC(=O)C1. The molecular weight excluding hydrogens is 424 g/mol. The van der Waals surface area contributed by atoms with Crippen molar-refractivity contribution in [2.45, 2.75) is 57.1 Å². The normalized spacial score (nSPS) is 22.9. The highest BCUT2D eigenvalue weighted by Crippen LogP contribution is 2.43. The summed E-state index contributed by atoms with van der Waals surface area (Å²) in [5.41, 5.74) is 3.12. The van der Waals surface area contributed by atoms with Crippen LogP contribution in [0.3, 0.4) is 0 Å². The van der Waals surface area contributed by atoms with E-state index in [1.165, 1.54) is 17.8 Å². The van der Waals surface area contributed by atoms with Gasteiger partial charge in [-0.05, 0) is 50.3 Å². The quantitative estimate of drug-likeness (QED) is 0.604. The van der Waals surface area contributed by atoms with E-state index >= 15 is 0 Å². The molecule has 1 N–H and O–H groups in total. The number of hydrogen-bond donors (Lipinski definition) is 1. The Hall–Kier alpha value is -2.45. The summed E-state index contributed by atoms with van der Waals surface area (Å²) in [6.45, 7) is 4.38. The molecule has 32 heavy (non-hydrogen) atoms. The molecule has 4 heterocycles. The molecule has 2 atom stereocenters. The number of thiazole rings is 1. The lowest BCUT2D eigenvalue weighted by Crippen LogP contribution is -2.25. The van der Waals surface area contributed by atoms with E-state index in [2.05, 4.69) is 28.9 Å². The van der Waals surface area contributed by atoms with Crippen LogP contribution >= 0.6 is 11.3 Å². The fourth-order valence-electron chi connectivity index (χ4n) is 4.81. The fourth-order valence-corrected chi connectivity index (χ4v) is 5.88. The Morgan fingerprint density at radius 3 is 2.81 bits per heavy atom. The number of fused-ring (bicyclic) bond motifs is 1. The summed E-state index contributed by atoms with van der Waals surface area (Å²) in [6.07, 6.45) is 8.85. The van der Waals surface area contributed by atoms with Gasteiger partial charge < -0.3 is 19.4 Å². The van der Waals surface area contributed by atoms with Gasteiger partial charge in [-0.25, -0.2) is 9.97 Å². The fraction of sp³-hybridized carbons (Fsp3) is 0.542. The Labute approximate surface area is 191 Å². The van der Waals surface area contributed by atoms with Gasteiger partial charge in [0.2, 0.25) is 5.91 Å². The van der Waals surface area contributed by atoms with Crippen molar-refractivity contribution in [1.29, 1.82) is 0 Å². The second-order valence-electron chi connectivity index (χ2n) is 9.27. The zero-order valence-corrected chi connectivity index (χ0v) is 19.1. The average molecular weight is 453 g/mol. The monoisotopic (exact) mass is 452 g/mol. The maximum absolute atomic E-state index is 11.7. The van der Waals surface area contributed by atoms with Gasteiger partial charge in [0, 0.05) is 50.3 Å². The minimum Gasteiger partial charge on any atom is -0.488 e. The standard InChI is InChI=1S/C24H28N4O3S/c1-14(17-10-22(29)25-11-17)31-20-9-16(8-19-23(20)28(13-27-19)18-2-3-18)21-12-26-24(32-21)15-4-6-30-7-5-15/h8-9,12-15,17-18H,2-7,10-11H2,1H3,(H,25,29). The molecule has 2 unspecified atom stereocenters. The molecule has 1 saturated carbocycles. The van der Waals surface area contributed by atoms with Gasteiger partial charge in [-0.2, -0.15) is 0 Å². The predicted molar refractivity (Wildman–Crippen MR) is 123 cm³/mol. The van der Waals surface area contributed by atoms with Gasteiger partial charge in [-0.1, -0.05) is 0 Å². The maximum Gasteiger partial charge on any atom is 0.220 e. The number of ether oxygens (including phenoxy) is 2. The second-order valence-corrected chi connectivity index (χ2v) is 10.3. The third-order valence-electron chi connectivity index (χ3n) is 6.94. The molecule has 1 aliphatic carbocycles. The minimum absolute atomic E-state index is 0.0609. The summed E-state index contributed by atoms with van der Waals surface area (Å²) < 4.78 is 14.3. The third-order valence-corrected chi connectivity index (χ3v) is 8.15. The van der Waals surface area contributed by atoms with Crippen LogP contribution in [0.1, 0.15) is 56.0 Å². The van der Waals surface area contributed by atoms with E-state index < -0.39 is 0 Å². The first-order valence-corrected chi connectivity index (χ1v) is 12.4. The van der Waals surface area contributed by atoms with Gasteiger partial charge in [-0.15, -0.1) is 11.3 Å². The third kappa shape index (κ3) is 3.79. The van der Waals surface area contributed by atoms with Crippen LogP contribution in [-0.2, 0) is 9.53 Å². The van der Waals surface area contributed by atoms with Crippen molar-refractivity contribution in [3.63, 3.8) is 0 Å². The first-order chi connectivity index (χ1) is 15.7. The van der Waals surface area contributed by atoms with Crippen LogP contribution in [-0.4, -0.2) is 46.3 Å². The van der Waals surface area contributed by atoms with Crippen molar-refractivity contribution >= 4 is 28.3 Å². The molecule has 3 aliphatic rings. The molecule has 2 saturated heterocycles. The molecule has 8 heteroatoms. The summed E-state index contributed by atoms with van der Waals surface area (Å²) in [5, 5.41) is 4.12. The maximum atomic E-state index is 11.7. The lowest BCUT2D eigenvalue weighted by Gasteiger charge is -2.21. The molecule has 7 nitrogen and oxygen atoms in total. The van der Waals surface area contributed by atoms with Gasteiger partial charge in [0.1, 0.15) is 17.4 Å². The second kappa shape index (κ2) is 8.15. The number of imidazole rings is 1. The number of aromatic nitrogens is 3. The Morgan fingerprint density at radius 1 is 1.22 bits per heavy atom. The Kier molecular flexibility index (Phi) is 5.14. The van der Waals surface area contributed by atoms with Crippen molar-refractivity contribution in [3.8, 4) is 16.2 Å². The topological polar surface area (TPSA) is 78.3 Å². The van der Waals surface area contributed by atoms with Crippen LogP contribution in [0.25, 0.3) is 21.5 Å². The van der Waals surface area contributed by atoms with Crippen molar-refractivity contribution in [3.05, 3.63) is 29.7 Å². The summed E-state index contributed by atoms with van der Waals surface area (Å²) >= 11 is 1.77. The Morgan fingerprint density at radius 2 is 2.06 bits per heavy atom. The minimum atomic E-state index is -0.0609. The van der Waals surface area contributed by atoms with Crippen LogP contribution in [0, 0.1) is 5.92 Å². The van der Waals surface area contributed by atoms with Crippen molar-refractivity contribution in [2.75, 3.05) is 19.8 Å². The molecule has 1 aromatic carbocycles. The van der Waals surface area contributed by atoms with Crippen molar-refractivity contribution in [1.82, 2.24) is 19.9 Å². The largest absolute Gasteiger partial charge is 0.488 e. The number of hydrogen-bond acceptors (Lipinski definition) is 6. The van der Waals surface area contributed by atoms with Crippen molar-refractivity contribution in [2.24, 2.45) is 5.92 Å². The average Bonchev–Trinajstić information content (AvgIpc) is 3.19. The van der Waals surface area contributed by atoms with Gasteiger partial charge in [0.25, 0.3) is 0 Å². The molecular formula is C24H28N4O3S. The highest BCUT2D eigenvalue weighted by molar-refractivity contribution is 7.15. The molecule has 0 spiro atoms. The number of carbonyl (C=O) groups excluding carboxylic acids is 1. The van der Waals surface area contributed by atoms with Gasteiger partial charge >= 0.3 is 0 Å². The van der Waals surface area contributed by atoms with Crippen LogP contribution in [0.15, 0.2) is 24.7 Å². The van der Waals surface area contributed by atoms with E-state index in [0.29, 0.717) is 24.9 Å². The molecule has 3 fully saturated rings. The molecule has 6 rings (SSSR count). The zero-order chi connectivity index (χ0) is 21.7. The zero-order valence-electron chi connectivity index (χ0n) is 18.3. The van der Waals surface area contributed by atoms with Gasteiger partial charge in [0.15, 0.2) is 0 Å². The van der Waals surface area contributed by atoms with Crippen LogP contribution in [0.4, 0.5) is 0 Å². The Balaban J connectivity index is 1.35. The molecule has 2 aliphatic heterocycles. The smallest absolute Gasteiger partial charge is 0.220 e. The van der Waals surface area contributed by atoms with Crippen LogP contribution in [0.5, 0.6) is 5.75 Å².